The van der Waals surface area contributed by atoms with Crippen molar-refractivity contribution in [2.75, 3.05) is 0 Å². The van der Waals surface area contributed by atoms with E-state index in [1.165, 1.54) is 21.9 Å². The lowest BCUT2D eigenvalue weighted by atomic mass is 10.1. The van der Waals surface area contributed by atoms with Gasteiger partial charge in [0.25, 0.3) is 0 Å². The van der Waals surface area contributed by atoms with Gasteiger partial charge in [0, 0.05) is 46.7 Å². The third kappa shape index (κ3) is 2.93. The third-order valence-corrected chi connectivity index (χ3v) is 7.48. The molecule has 0 saturated heterocycles. The lowest BCUT2D eigenvalue weighted by Gasteiger charge is -2.10. The summed E-state index contributed by atoms with van der Waals surface area (Å²) >= 11 is 0. The van der Waals surface area contributed by atoms with Gasteiger partial charge in [-0.25, -0.2) is 9.97 Å². The molecule has 4 heterocycles. The molecule has 0 bridgehead atoms. The Hall–Kier alpha value is -5.16. The van der Waals surface area contributed by atoms with Crippen LogP contribution in [0, 0.1) is 0 Å². The zero-order valence-corrected chi connectivity index (χ0v) is 20.8. The van der Waals surface area contributed by atoms with Crippen molar-refractivity contribution >= 4 is 43.9 Å². The fourth-order valence-corrected chi connectivity index (χ4v) is 5.74. The molecule has 5 nitrogen and oxygen atoms in total. The Bertz CT molecular complexity index is 2140. The zero-order chi connectivity index (χ0) is 25.2. The van der Waals surface area contributed by atoms with E-state index in [1.54, 1.807) is 0 Å². The van der Waals surface area contributed by atoms with Crippen molar-refractivity contribution in [3.05, 3.63) is 122 Å². The minimum atomic E-state index is 0.844. The van der Waals surface area contributed by atoms with E-state index in [-0.39, 0.29) is 0 Å². The highest BCUT2D eigenvalue weighted by Gasteiger charge is 2.20. The highest BCUT2D eigenvalue weighted by molar-refractivity contribution is 6.16. The largest absolute Gasteiger partial charge is 0.320 e. The number of para-hydroxylation sites is 2. The number of aryl methyl sites for hydroxylation is 1. The Morgan fingerprint density at radius 1 is 0.553 bits per heavy atom. The first-order valence-corrected chi connectivity index (χ1v) is 12.7. The zero-order valence-electron chi connectivity index (χ0n) is 20.8. The fourth-order valence-electron chi connectivity index (χ4n) is 5.74. The van der Waals surface area contributed by atoms with Crippen LogP contribution in [0.5, 0.6) is 0 Å². The Morgan fingerprint density at radius 3 is 1.89 bits per heavy atom. The minimum Gasteiger partial charge on any atom is -0.320 e. The van der Waals surface area contributed by atoms with E-state index in [4.69, 9.17) is 4.98 Å². The van der Waals surface area contributed by atoms with Gasteiger partial charge in [-0.2, -0.15) is 0 Å². The summed E-state index contributed by atoms with van der Waals surface area (Å²) in [5.74, 6) is 0.844. The normalized spacial score (nSPS) is 11.8. The monoisotopic (exact) mass is 489 g/mol. The number of aromatic nitrogens is 5. The van der Waals surface area contributed by atoms with Crippen LogP contribution in [-0.4, -0.2) is 23.7 Å². The predicted octanol–water partition coefficient (Wildman–Crippen LogP) is 7.68. The maximum Gasteiger partial charge on any atom is 0.215 e. The summed E-state index contributed by atoms with van der Waals surface area (Å²) < 4.78 is 6.50. The molecule has 0 spiro atoms. The van der Waals surface area contributed by atoms with Gasteiger partial charge in [0.2, 0.25) is 5.95 Å². The average Bonchev–Trinajstić information content (AvgIpc) is 3.63. The van der Waals surface area contributed by atoms with Gasteiger partial charge in [0.15, 0.2) is 0 Å². The summed E-state index contributed by atoms with van der Waals surface area (Å²) in [5.41, 5.74) is 7.53. The minimum absolute atomic E-state index is 0.844. The Labute approximate surface area is 218 Å². The van der Waals surface area contributed by atoms with Crippen LogP contribution < -0.4 is 0 Å². The first-order chi connectivity index (χ1) is 18.8. The van der Waals surface area contributed by atoms with Gasteiger partial charge in [-0.05, 0) is 41.5 Å². The van der Waals surface area contributed by atoms with E-state index in [2.05, 4.69) is 123 Å². The van der Waals surface area contributed by atoms with Crippen LogP contribution in [0.25, 0.3) is 66.6 Å². The number of pyridine rings is 1. The second-order valence-corrected chi connectivity index (χ2v) is 9.69. The Kier molecular flexibility index (Phi) is 4.37. The molecule has 8 rings (SSSR count). The summed E-state index contributed by atoms with van der Waals surface area (Å²) in [6, 6.07) is 38.6. The molecular weight excluding hydrogens is 466 g/mol. The van der Waals surface area contributed by atoms with Crippen molar-refractivity contribution in [2.45, 2.75) is 0 Å². The van der Waals surface area contributed by atoms with Crippen molar-refractivity contribution in [1.82, 2.24) is 23.7 Å². The lowest BCUT2D eigenvalue weighted by molar-refractivity contribution is 0.842. The molecule has 38 heavy (non-hydrogen) atoms. The summed E-state index contributed by atoms with van der Waals surface area (Å²) in [5, 5.41) is 4.62. The molecular formula is C33H23N5. The number of nitrogens with zero attached hydrogens (tertiary/aromatic N) is 5. The topological polar surface area (TPSA) is 40.6 Å². The molecule has 0 fully saturated rings. The van der Waals surface area contributed by atoms with Gasteiger partial charge < -0.3 is 4.57 Å². The summed E-state index contributed by atoms with van der Waals surface area (Å²) in [4.78, 5) is 10.1. The van der Waals surface area contributed by atoms with Gasteiger partial charge in [-0.3, -0.25) is 9.13 Å². The van der Waals surface area contributed by atoms with Crippen molar-refractivity contribution < 1.29 is 0 Å². The first-order valence-electron chi connectivity index (χ1n) is 12.7. The van der Waals surface area contributed by atoms with E-state index in [0.29, 0.717) is 0 Å². The van der Waals surface area contributed by atoms with E-state index in [0.717, 1.165) is 44.7 Å². The summed E-state index contributed by atoms with van der Waals surface area (Å²) in [6.45, 7) is 0. The standard InChI is InChI=1S/C33H23N5/c1-36-19-18-34-33(36)38-30-17-8-6-15-26(30)28-21-27-25-14-5-7-16-29(25)37(31(27)35-32(28)38)24-13-9-12-23(20-24)22-10-3-2-4-11-22/h2-21H,1H3. The van der Waals surface area contributed by atoms with E-state index < -0.39 is 0 Å². The molecule has 0 radical (unpaired) electrons. The van der Waals surface area contributed by atoms with Crippen LogP contribution in [0.3, 0.4) is 0 Å². The SMILES string of the molecule is Cn1ccnc1-n1c2ccccc2c2cc3c4ccccc4n(-c4cccc(-c5ccccc5)c4)c3nc21. The molecule has 5 heteroatoms. The van der Waals surface area contributed by atoms with E-state index >= 15 is 0 Å². The molecule has 0 atom stereocenters. The molecule has 0 aliphatic heterocycles. The fraction of sp³-hybridized carbons (Fsp3) is 0.0303. The van der Waals surface area contributed by atoms with Crippen LogP contribution in [0.1, 0.15) is 0 Å². The predicted molar refractivity (Wildman–Crippen MR) is 155 cm³/mol. The average molecular weight is 490 g/mol. The van der Waals surface area contributed by atoms with Crippen LogP contribution in [0.15, 0.2) is 122 Å². The molecule has 8 aromatic rings. The van der Waals surface area contributed by atoms with Crippen LogP contribution >= 0.6 is 0 Å². The van der Waals surface area contributed by atoms with Crippen molar-refractivity contribution in [3.8, 4) is 22.8 Å². The third-order valence-electron chi connectivity index (χ3n) is 7.48. The van der Waals surface area contributed by atoms with Crippen molar-refractivity contribution in [3.63, 3.8) is 0 Å². The number of hydrogen-bond donors (Lipinski definition) is 0. The Morgan fingerprint density at radius 2 is 1.18 bits per heavy atom. The van der Waals surface area contributed by atoms with Gasteiger partial charge in [-0.15, -0.1) is 0 Å². The second kappa shape index (κ2) is 7.92. The van der Waals surface area contributed by atoms with Crippen molar-refractivity contribution in [2.24, 2.45) is 7.05 Å². The highest BCUT2D eigenvalue weighted by Crippen LogP contribution is 2.37. The lowest BCUT2D eigenvalue weighted by Crippen LogP contribution is -2.04. The van der Waals surface area contributed by atoms with Gasteiger partial charge in [-0.1, -0.05) is 78.9 Å². The number of benzene rings is 4. The van der Waals surface area contributed by atoms with Crippen LogP contribution in [-0.2, 0) is 7.05 Å². The molecule has 0 unspecified atom stereocenters. The molecule has 0 N–H and O–H groups in total. The maximum atomic E-state index is 5.40. The number of rotatable bonds is 3. The van der Waals surface area contributed by atoms with Crippen molar-refractivity contribution in [1.29, 1.82) is 0 Å². The van der Waals surface area contributed by atoms with Gasteiger partial charge in [0.05, 0.1) is 11.0 Å². The smallest absolute Gasteiger partial charge is 0.215 e. The molecule has 0 saturated carbocycles. The maximum absolute atomic E-state index is 5.40. The molecule has 0 aliphatic rings. The molecule has 4 aromatic carbocycles. The first kappa shape index (κ1) is 21.0. The number of imidazole rings is 1. The molecule has 0 aliphatic carbocycles. The highest BCUT2D eigenvalue weighted by atomic mass is 15.2. The number of hydrogen-bond acceptors (Lipinski definition) is 2. The molecule has 0 amide bonds. The Balaban J connectivity index is 1.50. The summed E-state index contributed by atoms with van der Waals surface area (Å²) in [6.07, 6.45) is 3.81. The molecule has 180 valence electrons. The quantitative estimate of drug-likeness (QED) is 0.255. The van der Waals surface area contributed by atoms with Gasteiger partial charge >= 0.3 is 0 Å². The molecule has 4 aromatic heterocycles. The van der Waals surface area contributed by atoms with Crippen LogP contribution in [0.4, 0.5) is 0 Å². The van der Waals surface area contributed by atoms with E-state index in [9.17, 15) is 0 Å². The van der Waals surface area contributed by atoms with E-state index in [1.807, 2.05) is 24.0 Å². The second-order valence-electron chi connectivity index (χ2n) is 9.69. The summed E-state index contributed by atoms with van der Waals surface area (Å²) in [7, 11) is 2.02. The van der Waals surface area contributed by atoms with Gasteiger partial charge in [0.1, 0.15) is 11.3 Å². The van der Waals surface area contributed by atoms with Crippen LogP contribution in [0.2, 0.25) is 0 Å². The number of fused-ring (bicyclic) bond motifs is 6.